The van der Waals surface area contributed by atoms with Gasteiger partial charge >= 0.3 is 0 Å². The van der Waals surface area contributed by atoms with E-state index >= 15 is 4.39 Å². The standard InChI is InChI=1S/C23H33FN6O6S/c1-14(31)25-10-17-12-30(23(35)36-17)16-3-4-20(18(24)9-16)28-5-7-29(8-6-28)21(33)11-26-22(34)19(13-37)27-15(2)32/h3-4,9,17,19,23,35,37H,5-8,10-13H2,1-2H3,(H,25,31)(H,26,34)(H,27,32)/t17-,19?,23?/m0/s1. The van der Waals surface area contributed by atoms with Crippen LogP contribution >= 0.6 is 12.6 Å². The number of aliphatic hydroxyl groups excluding tert-OH is 1. The second-order valence-electron chi connectivity index (χ2n) is 8.83. The Morgan fingerprint density at radius 2 is 1.84 bits per heavy atom. The van der Waals surface area contributed by atoms with E-state index in [4.69, 9.17) is 4.74 Å². The van der Waals surface area contributed by atoms with Gasteiger partial charge in [-0.2, -0.15) is 12.6 Å². The fraction of sp³-hybridized carbons (Fsp3) is 0.565. The van der Waals surface area contributed by atoms with E-state index in [1.54, 1.807) is 17.0 Å². The SMILES string of the molecule is CC(=O)NC[C@H]1CN(c2ccc(N3CCN(C(=O)CNC(=O)C(CS)NC(C)=O)CC3)c(F)c2)C(O)O1. The maximum absolute atomic E-state index is 15.0. The Balaban J connectivity index is 1.50. The smallest absolute Gasteiger partial charge is 0.243 e. The van der Waals surface area contributed by atoms with Crippen molar-refractivity contribution in [2.45, 2.75) is 32.4 Å². The van der Waals surface area contributed by atoms with Gasteiger partial charge < -0.3 is 40.5 Å². The lowest BCUT2D eigenvalue weighted by atomic mass is 10.2. The van der Waals surface area contributed by atoms with Crippen LogP contribution in [-0.2, 0) is 23.9 Å². The molecule has 204 valence electrons. The molecule has 12 nitrogen and oxygen atoms in total. The average Bonchev–Trinajstić information content (AvgIpc) is 3.24. The van der Waals surface area contributed by atoms with Gasteiger partial charge in [-0.15, -0.1) is 0 Å². The van der Waals surface area contributed by atoms with Gasteiger partial charge in [0.25, 0.3) is 0 Å². The van der Waals surface area contributed by atoms with E-state index in [-0.39, 0.29) is 43.1 Å². The largest absolute Gasteiger partial charge is 0.366 e. The molecule has 2 heterocycles. The summed E-state index contributed by atoms with van der Waals surface area (Å²) in [6, 6.07) is 3.80. The zero-order chi connectivity index (χ0) is 27.1. The van der Waals surface area contributed by atoms with Gasteiger partial charge in [0.1, 0.15) is 11.9 Å². The second kappa shape index (κ2) is 12.9. The molecule has 0 saturated carbocycles. The van der Waals surface area contributed by atoms with Crippen molar-refractivity contribution in [2.24, 2.45) is 0 Å². The molecule has 2 fully saturated rings. The molecule has 2 saturated heterocycles. The van der Waals surface area contributed by atoms with Crippen LogP contribution in [0, 0.1) is 5.82 Å². The monoisotopic (exact) mass is 540 g/mol. The highest BCUT2D eigenvalue weighted by Gasteiger charge is 2.32. The van der Waals surface area contributed by atoms with Crippen molar-refractivity contribution in [3.63, 3.8) is 0 Å². The molecule has 2 aliphatic heterocycles. The molecule has 4 N–H and O–H groups in total. The molecule has 0 spiro atoms. The molecule has 2 unspecified atom stereocenters. The molecular weight excluding hydrogens is 507 g/mol. The van der Waals surface area contributed by atoms with Crippen molar-refractivity contribution in [1.29, 1.82) is 0 Å². The maximum Gasteiger partial charge on any atom is 0.243 e. The summed E-state index contributed by atoms with van der Waals surface area (Å²) < 4.78 is 20.4. The number of nitrogens with zero attached hydrogens (tertiary/aromatic N) is 3. The molecule has 3 rings (SSSR count). The number of hydrogen-bond donors (Lipinski definition) is 5. The molecule has 1 aromatic rings. The first kappa shape index (κ1) is 28.5. The van der Waals surface area contributed by atoms with Gasteiger partial charge in [0.05, 0.1) is 24.9 Å². The van der Waals surface area contributed by atoms with Gasteiger partial charge in [-0.05, 0) is 18.2 Å². The summed E-state index contributed by atoms with van der Waals surface area (Å²) in [6.07, 6.45) is -1.67. The summed E-state index contributed by atoms with van der Waals surface area (Å²) in [6.45, 7) is 4.49. The number of hydrogen-bond acceptors (Lipinski definition) is 9. The first-order valence-corrected chi connectivity index (χ1v) is 12.5. The second-order valence-corrected chi connectivity index (χ2v) is 9.20. The fourth-order valence-electron chi connectivity index (χ4n) is 4.17. The van der Waals surface area contributed by atoms with E-state index in [9.17, 15) is 24.3 Å². The van der Waals surface area contributed by atoms with Gasteiger partial charge in [-0.3, -0.25) is 19.2 Å². The molecule has 4 amide bonds. The van der Waals surface area contributed by atoms with Gasteiger partial charge in [-0.1, -0.05) is 0 Å². The van der Waals surface area contributed by atoms with Crippen molar-refractivity contribution in [1.82, 2.24) is 20.9 Å². The lowest BCUT2D eigenvalue weighted by Gasteiger charge is -2.36. The summed E-state index contributed by atoms with van der Waals surface area (Å²) in [5, 5.41) is 17.8. The summed E-state index contributed by atoms with van der Waals surface area (Å²) in [7, 11) is 0. The van der Waals surface area contributed by atoms with E-state index < -0.39 is 30.3 Å². The van der Waals surface area contributed by atoms with E-state index in [0.29, 0.717) is 37.6 Å². The number of rotatable bonds is 9. The molecule has 0 radical (unpaired) electrons. The topological polar surface area (TPSA) is 144 Å². The number of benzene rings is 1. The van der Waals surface area contributed by atoms with Crippen LogP contribution in [0.1, 0.15) is 13.8 Å². The van der Waals surface area contributed by atoms with Crippen LogP contribution < -0.4 is 25.8 Å². The Bertz CT molecular complexity index is 1010. The van der Waals surface area contributed by atoms with E-state index in [1.807, 2.05) is 4.90 Å². The quantitative estimate of drug-likeness (QED) is 0.242. The van der Waals surface area contributed by atoms with Crippen LogP contribution in [0.3, 0.4) is 0 Å². The predicted octanol–water partition coefficient (Wildman–Crippen LogP) is -1.36. The molecule has 0 aliphatic carbocycles. The fourth-order valence-corrected chi connectivity index (χ4v) is 4.42. The van der Waals surface area contributed by atoms with Gasteiger partial charge in [0.15, 0.2) is 0 Å². The molecule has 37 heavy (non-hydrogen) atoms. The number of nitrogens with one attached hydrogen (secondary N) is 3. The molecule has 1 aromatic carbocycles. The van der Waals surface area contributed by atoms with E-state index in [1.165, 1.54) is 24.8 Å². The van der Waals surface area contributed by atoms with Gasteiger partial charge in [-0.25, -0.2) is 4.39 Å². The number of carbonyl (C=O) groups excluding carboxylic acids is 4. The molecule has 14 heteroatoms. The van der Waals surface area contributed by atoms with Crippen molar-refractivity contribution in [3.8, 4) is 0 Å². The van der Waals surface area contributed by atoms with Crippen LogP contribution in [0.5, 0.6) is 0 Å². The Hall–Kier alpha value is -3.10. The van der Waals surface area contributed by atoms with Crippen molar-refractivity contribution >= 4 is 47.6 Å². The van der Waals surface area contributed by atoms with Crippen molar-refractivity contribution in [2.75, 3.05) is 61.4 Å². The summed E-state index contributed by atoms with van der Waals surface area (Å²) >= 11 is 4.04. The third-order valence-electron chi connectivity index (χ3n) is 6.09. The predicted molar refractivity (Wildman–Crippen MR) is 137 cm³/mol. The normalized spacial score (nSPS) is 20.4. The highest BCUT2D eigenvalue weighted by molar-refractivity contribution is 7.80. The zero-order valence-electron chi connectivity index (χ0n) is 20.8. The number of piperazine rings is 1. The Morgan fingerprint density at radius 3 is 2.43 bits per heavy atom. The van der Waals surface area contributed by atoms with Gasteiger partial charge in [0, 0.05) is 58.0 Å². The number of aliphatic hydroxyl groups is 1. The summed E-state index contributed by atoms with van der Waals surface area (Å²) in [5.74, 6) is -1.71. The van der Waals surface area contributed by atoms with Crippen molar-refractivity contribution < 1.29 is 33.4 Å². The minimum Gasteiger partial charge on any atom is -0.366 e. The van der Waals surface area contributed by atoms with E-state index in [2.05, 4.69) is 28.6 Å². The Morgan fingerprint density at radius 1 is 1.14 bits per heavy atom. The maximum atomic E-state index is 15.0. The highest BCUT2D eigenvalue weighted by Crippen LogP contribution is 2.29. The average molecular weight is 541 g/mol. The third-order valence-corrected chi connectivity index (χ3v) is 6.45. The molecule has 0 bridgehead atoms. The number of thiol groups is 1. The lowest BCUT2D eigenvalue weighted by Crippen LogP contribution is -2.53. The van der Waals surface area contributed by atoms with Crippen LogP contribution in [-0.4, -0.2) is 104 Å². The van der Waals surface area contributed by atoms with Crippen molar-refractivity contribution in [3.05, 3.63) is 24.0 Å². The lowest BCUT2D eigenvalue weighted by molar-refractivity contribution is -0.133. The minimum atomic E-state index is -1.25. The molecule has 2 aliphatic rings. The van der Waals surface area contributed by atoms with Crippen LogP contribution in [0.15, 0.2) is 18.2 Å². The molecule has 3 atom stereocenters. The number of ether oxygens (including phenoxy) is 1. The summed E-state index contributed by atoms with van der Waals surface area (Å²) in [4.78, 5) is 51.9. The molecule has 0 aromatic heterocycles. The zero-order valence-corrected chi connectivity index (χ0v) is 21.7. The van der Waals surface area contributed by atoms with E-state index in [0.717, 1.165) is 0 Å². The number of anilines is 2. The number of carbonyl (C=O) groups is 4. The number of halogens is 1. The molecular formula is C23H33FN6O6S. The van der Waals surface area contributed by atoms with Gasteiger partial charge in [0.2, 0.25) is 30.0 Å². The third kappa shape index (κ3) is 7.69. The first-order chi connectivity index (χ1) is 17.6. The minimum absolute atomic E-state index is 0.101. The Labute approximate surface area is 219 Å². The summed E-state index contributed by atoms with van der Waals surface area (Å²) in [5.41, 5.74) is 0.822. The van der Waals surface area contributed by atoms with Crippen LogP contribution in [0.2, 0.25) is 0 Å². The first-order valence-electron chi connectivity index (χ1n) is 11.9. The number of amides is 4. The highest BCUT2D eigenvalue weighted by atomic mass is 32.1. The van der Waals surface area contributed by atoms with Crippen LogP contribution in [0.4, 0.5) is 15.8 Å². The van der Waals surface area contributed by atoms with Crippen LogP contribution in [0.25, 0.3) is 0 Å². The Kier molecular flexibility index (Phi) is 9.94.